The van der Waals surface area contributed by atoms with Gasteiger partial charge in [0.15, 0.2) is 0 Å². The molecule has 0 aromatic carbocycles. The molecular weight excluding hydrogens is 176 g/mol. The zero-order chi connectivity index (χ0) is 9.64. The van der Waals surface area contributed by atoms with Crippen LogP contribution >= 0.6 is 0 Å². The number of fused-ring (bicyclic) bond motifs is 1. The molecule has 14 heavy (non-hydrogen) atoms. The molecule has 0 unspecified atom stereocenters. The van der Waals surface area contributed by atoms with Crippen molar-refractivity contribution in [1.82, 2.24) is 10.1 Å². The van der Waals surface area contributed by atoms with E-state index in [0.29, 0.717) is 0 Å². The zero-order valence-corrected chi connectivity index (χ0v) is 7.56. The Morgan fingerprint density at radius 1 is 0.714 bits per heavy atom. The summed E-state index contributed by atoms with van der Waals surface area (Å²) in [5.74, 6) is 0. The average Bonchev–Trinajstić information content (AvgIpc) is 2.25. The number of rotatable bonds is 0. The number of allylic oxidation sites excluding steroid dienone is 6. The van der Waals surface area contributed by atoms with Crippen LogP contribution in [-0.4, -0.2) is 10.1 Å². The second kappa shape index (κ2) is 4.23. The quantitative estimate of drug-likeness (QED) is 0.582. The van der Waals surface area contributed by atoms with Gasteiger partial charge in [0.05, 0.1) is 6.20 Å². The van der Waals surface area contributed by atoms with E-state index in [4.69, 9.17) is 0 Å². The van der Waals surface area contributed by atoms with Crippen molar-refractivity contribution in [3.8, 4) is 0 Å². The van der Waals surface area contributed by atoms with Gasteiger partial charge in [-0.15, -0.1) is 5.11 Å². The van der Waals surface area contributed by atoms with Gasteiger partial charge in [-0.05, 0) is 17.4 Å². The van der Waals surface area contributed by atoms with Crippen molar-refractivity contribution in [2.45, 2.75) is 0 Å². The van der Waals surface area contributed by atoms with Crippen LogP contribution in [0.25, 0.3) is 0 Å². The Morgan fingerprint density at radius 3 is 2.29 bits per heavy atom. The monoisotopic (exact) mass is 186 g/mol. The van der Waals surface area contributed by atoms with E-state index in [9.17, 15) is 0 Å². The van der Waals surface area contributed by atoms with Crippen molar-refractivity contribution in [1.29, 1.82) is 0 Å². The first-order valence-electron chi connectivity index (χ1n) is 4.30. The molecule has 0 bridgehead atoms. The lowest BCUT2D eigenvalue weighted by atomic mass is 10.4. The van der Waals surface area contributed by atoms with Crippen LogP contribution in [0.1, 0.15) is 0 Å². The third kappa shape index (κ3) is 1.98. The molecule has 0 fully saturated rings. The molecule has 0 radical (unpaired) electrons. The minimum absolute atomic E-state index is 1.64. The van der Waals surface area contributed by atoms with Crippen molar-refractivity contribution in [3.05, 3.63) is 61.3 Å². The lowest BCUT2D eigenvalue weighted by Crippen LogP contribution is -2.26. The lowest BCUT2D eigenvalue weighted by Gasteiger charge is -2.25. The fourth-order valence-corrected chi connectivity index (χ4v) is 1.04. The van der Waals surface area contributed by atoms with Crippen LogP contribution in [0.4, 0.5) is 0 Å². The van der Waals surface area contributed by atoms with Gasteiger partial charge in [0.1, 0.15) is 0 Å². The van der Waals surface area contributed by atoms with E-state index in [2.05, 4.69) is 10.3 Å². The fraction of sp³-hybridized carbons (Fsp3) is 0. The molecule has 4 heteroatoms. The lowest BCUT2D eigenvalue weighted by molar-refractivity contribution is 0.118. The molecule has 0 N–H and O–H groups in total. The van der Waals surface area contributed by atoms with E-state index in [-0.39, 0.29) is 0 Å². The molecule has 0 spiro atoms. The van der Waals surface area contributed by atoms with Crippen LogP contribution in [0.15, 0.2) is 71.6 Å². The molecule has 0 saturated heterocycles. The molecule has 2 heterocycles. The van der Waals surface area contributed by atoms with Gasteiger partial charge in [0.2, 0.25) is 0 Å². The van der Waals surface area contributed by atoms with Gasteiger partial charge in [-0.3, -0.25) is 0 Å². The summed E-state index contributed by atoms with van der Waals surface area (Å²) < 4.78 is 0. The molecular formula is C10H10N4. The van der Waals surface area contributed by atoms with E-state index >= 15 is 0 Å². The van der Waals surface area contributed by atoms with E-state index in [1.165, 1.54) is 0 Å². The Balaban J connectivity index is 2.24. The molecule has 4 nitrogen and oxygen atoms in total. The van der Waals surface area contributed by atoms with Crippen molar-refractivity contribution < 1.29 is 0 Å². The Hall–Kier alpha value is -2.10. The van der Waals surface area contributed by atoms with Crippen molar-refractivity contribution in [2.24, 2.45) is 10.3 Å². The van der Waals surface area contributed by atoms with Gasteiger partial charge in [0.25, 0.3) is 0 Å². The summed E-state index contributed by atoms with van der Waals surface area (Å²) in [5.41, 5.74) is 0. The van der Waals surface area contributed by atoms with Crippen molar-refractivity contribution >= 4 is 0 Å². The van der Waals surface area contributed by atoms with Crippen LogP contribution in [0, 0.1) is 0 Å². The largest absolute Gasteiger partial charge is 0.245 e. The standard InChI is InChI=1S/C10H10N4/c1-2-4-6-9-14-12-11-7-10-13(14)8-5-3-1/h1-10H/b3-1-,4-2+,8-5+,9-6+. The maximum absolute atomic E-state index is 3.93. The van der Waals surface area contributed by atoms with Gasteiger partial charge in [0, 0.05) is 18.6 Å². The summed E-state index contributed by atoms with van der Waals surface area (Å²) in [6, 6.07) is 0. The molecule has 2 rings (SSSR count). The Labute approximate surface area is 82.5 Å². The van der Waals surface area contributed by atoms with E-state index < -0.39 is 0 Å². The van der Waals surface area contributed by atoms with Crippen molar-refractivity contribution in [3.63, 3.8) is 0 Å². The molecule has 70 valence electrons. The molecule has 0 aliphatic carbocycles. The van der Waals surface area contributed by atoms with Crippen LogP contribution in [-0.2, 0) is 0 Å². The third-order valence-corrected chi connectivity index (χ3v) is 1.68. The summed E-state index contributed by atoms with van der Waals surface area (Å²) in [6.45, 7) is 0. The normalized spacial score (nSPS) is 28.0. The fourth-order valence-electron chi connectivity index (χ4n) is 1.04. The van der Waals surface area contributed by atoms with Crippen molar-refractivity contribution in [2.75, 3.05) is 0 Å². The molecule has 0 amide bonds. The molecule has 0 aromatic heterocycles. The first-order valence-corrected chi connectivity index (χ1v) is 4.30. The Bertz CT molecular complexity index is 324. The number of hydrogen-bond acceptors (Lipinski definition) is 4. The summed E-state index contributed by atoms with van der Waals surface area (Å²) in [4.78, 5) is 0. The molecule has 0 aromatic rings. The highest BCUT2D eigenvalue weighted by Crippen LogP contribution is 2.09. The smallest absolute Gasteiger partial charge is 0.0697 e. The predicted octanol–water partition coefficient (Wildman–Crippen LogP) is 2.51. The molecule has 2 aliphatic rings. The van der Waals surface area contributed by atoms with Gasteiger partial charge < -0.3 is 0 Å². The number of nitrogens with zero attached hydrogens (tertiary/aromatic N) is 4. The summed E-state index contributed by atoms with van der Waals surface area (Å²) in [5, 5.41) is 11.2. The van der Waals surface area contributed by atoms with Gasteiger partial charge >= 0.3 is 0 Å². The average molecular weight is 186 g/mol. The van der Waals surface area contributed by atoms with E-state index in [1.807, 2.05) is 60.1 Å². The zero-order valence-electron chi connectivity index (χ0n) is 7.56. The SMILES string of the molecule is C1=CN2/C=C/C=C\C=C\C=C\N2N=N1. The third-order valence-electron chi connectivity index (χ3n) is 1.68. The summed E-state index contributed by atoms with van der Waals surface area (Å²) >= 11 is 0. The molecule has 0 atom stereocenters. The topological polar surface area (TPSA) is 31.2 Å². The minimum atomic E-state index is 1.64. The highest BCUT2D eigenvalue weighted by atomic mass is 15.8. The first kappa shape index (κ1) is 8.50. The molecule has 2 aliphatic heterocycles. The maximum atomic E-state index is 3.93. The number of hydrogen-bond donors (Lipinski definition) is 0. The van der Waals surface area contributed by atoms with Gasteiger partial charge in [-0.25, -0.2) is 5.01 Å². The predicted molar refractivity (Wildman–Crippen MR) is 54.2 cm³/mol. The number of hydrazine groups is 1. The second-order valence-electron chi connectivity index (χ2n) is 2.66. The van der Waals surface area contributed by atoms with Crippen LogP contribution in [0.2, 0.25) is 0 Å². The van der Waals surface area contributed by atoms with E-state index in [1.54, 1.807) is 11.3 Å². The van der Waals surface area contributed by atoms with Crippen LogP contribution < -0.4 is 0 Å². The highest BCUT2D eigenvalue weighted by molar-refractivity contribution is 5.16. The second-order valence-corrected chi connectivity index (χ2v) is 2.66. The minimum Gasteiger partial charge on any atom is -0.245 e. The van der Waals surface area contributed by atoms with Gasteiger partial charge in [-0.1, -0.05) is 24.3 Å². The summed E-state index contributed by atoms with van der Waals surface area (Å²) in [7, 11) is 0. The summed E-state index contributed by atoms with van der Waals surface area (Å²) in [6.07, 6.45) is 18.8. The van der Waals surface area contributed by atoms with Crippen LogP contribution in [0.5, 0.6) is 0 Å². The highest BCUT2D eigenvalue weighted by Gasteiger charge is 2.05. The Morgan fingerprint density at radius 2 is 1.43 bits per heavy atom. The molecule has 0 saturated carbocycles. The van der Waals surface area contributed by atoms with Gasteiger partial charge in [-0.2, -0.15) is 5.12 Å². The first-order chi connectivity index (χ1) is 6.97. The maximum Gasteiger partial charge on any atom is 0.0697 e. The van der Waals surface area contributed by atoms with Crippen LogP contribution in [0.3, 0.4) is 0 Å². The Kier molecular flexibility index (Phi) is 2.56. The van der Waals surface area contributed by atoms with E-state index in [0.717, 1.165) is 0 Å².